The number of fused-ring (bicyclic) bond motifs is 1. The van der Waals surface area contributed by atoms with Gasteiger partial charge in [0.15, 0.2) is 0 Å². The van der Waals surface area contributed by atoms with E-state index in [1.807, 2.05) is 48.2 Å². The van der Waals surface area contributed by atoms with Crippen molar-refractivity contribution >= 4 is 23.2 Å². The number of nitrogens with zero attached hydrogens (tertiary/aromatic N) is 1. The highest BCUT2D eigenvalue weighted by Gasteiger charge is 2.37. The zero-order valence-electron chi connectivity index (χ0n) is 16.7. The lowest BCUT2D eigenvalue weighted by atomic mass is 9.80. The lowest BCUT2D eigenvalue weighted by molar-refractivity contribution is -0.126. The average molecular weight is 377 g/mol. The van der Waals surface area contributed by atoms with E-state index in [4.69, 9.17) is 0 Å². The summed E-state index contributed by atoms with van der Waals surface area (Å²) in [5.74, 6) is 0.329. The highest BCUT2D eigenvalue weighted by molar-refractivity contribution is 5.98. The summed E-state index contributed by atoms with van der Waals surface area (Å²) in [7, 11) is 0. The average Bonchev–Trinajstić information content (AvgIpc) is 3.03. The lowest BCUT2D eigenvalue weighted by Crippen LogP contribution is -2.42. The minimum absolute atomic E-state index is 0.00662. The molecule has 4 heteroatoms. The number of para-hydroxylation sites is 1. The SMILES string of the molecule is Cc1cccc(NC(=O)C2CCC(C(=O)N3c4ccccc4CC3C)CC2)c1. The van der Waals surface area contributed by atoms with Crippen LogP contribution in [0.2, 0.25) is 0 Å². The van der Waals surface area contributed by atoms with Crippen LogP contribution in [0.5, 0.6) is 0 Å². The Bertz CT molecular complexity index is 884. The van der Waals surface area contributed by atoms with E-state index in [9.17, 15) is 9.59 Å². The van der Waals surface area contributed by atoms with Gasteiger partial charge in [-0.05, 0) is 75.3 Å². The molecule has 146 valence electrons. The fourth-order valence-corrected chi connectivity index (χ4v) is 4.67. The Morgan fingerprint density at radius 2 is 1.68 bits per heavy atom. The van der Waals surface area contributed by atoms with Gasteiger partial charge >= 0.3 is 0 Å². The zero-order chi connectivity index (χ0) is 19.7. The minimum Gasteiger partial charge on any atom is -0.326 e. The van der Waals surface area contributed by atoms with Crippen LogP contribution in [-0.2, 0) is 16.0 Å². The van der Waals surface area contributed by atoms with E-state index in [1.54, 1.807) is 0 Å². The summed E-state index contributed by atoms with van der Waals surface area (Å²) in [6.45, 7) is 4.14. The van der Waals surface area contributed by atoms with Crippen molar-refractivity contribution in [1.82, 2.24) is 0 Å². The summed E-state index contributed by atoms with van der Waals surface area (Å²) in [5, 5.41) is 3.04. The third-order valence-corrected chi connectivity index (χ3v) is 6.18. The van der Waals surface area contributed by atoms with E-state index in [0.717, 1.165) is 49.0 Å². The summed E-state index contributed by atoms with van der Waals surface area (Å²) in [5.41, 5.74) is 4.31. The summed E-state index contributed by atoms with van der Waals surface area (Å²) in [6, 6.07) is 16.3. The van der Waals surface area contributed by atoms with Gasteiger partial charge in [0.1, 0.15) is 0 Å². The quantitative estimate of drug-likeness (QED) is 0.843. The Kier molecular flexibility index (Phi) is 5.21. The molecule has 2 amide bonds. The van der Waals surface area contributed by atoms with E-state index in [-0.39, 0.29) is 29.7 Å². The third kappa shape index (κ3) is 3.68. The molecule has 1 N–H and O–H groups in total. The highest BCUT2D eigenvalue weighted by Crippen LogP contribution is 2.37. The van der Waals surface area contributed by atoms with Crippen LogP contribution in [0.1, 0.15) is 43.7 Å². The summed E-state index contributed by atoms with van der Waals surface area (Å²) in [6.07, 6.45) is 4.05. The fraction of sp³-hybridized carbons (Fsp3) is 0.417. The van der Waals surface area contributed by atoms with Gasteiger partial charge in [-0.25, -0.2) is 0 Å². The molecule has 0 saturated heterocycles. The van der Waals surface area contributed by atoms with Crippen molar-refractivity contribution in [3.8, 4) is 0 Å². The second kappa shape index (κ2) is 7.78. The van der Waals surface area contributed by atoms with Crippen LogP contribution in [0.15, 0.2) is 48.5 Å². The molecule has 1 saturated carbocycles. The molecule has 2 aliphatic rings. The van der Waals surface area contributed by atoms with E-state index in [1.165, 1.54) is 5.56 Å². The Labute approximate surface area is 166 Å². The molecule has 1 heterocycles. The molecule has 1 aliphatic heterocycles. The molecule has 1 unspecified atom stereocenters. The van der Waals surface area contributed by atoms with Gasteiger partial charge in [0, 0.05) is 29.3 Å². The van der Waals surface area contributed by atoms with Gasteiger partial charge in [-0.3, -0.25) is 9.59 Å². The van der Waals surface area contributed by atoms with Crippen molar-refractivity contribution in [2.24, 2.45) is 11.8 Å². The van der Waals surface area contributed by atoms with Crippen LogP contribution in [-0.4, -0.2) is 17.9 Å². The molecular weight excluding hydrogens is 348 g/mol. The number of rotatable bonds is 3. The third-order valence-electron chi connectivity index (χ3n) is 6.18. The van der Waals surface area contributed by atoms with Crippen LogP contribution in [0.3, 0.4) is 0 Å². The predicted molar refractivity (Wildman–Crippen MR) is 112 cm³/mol. The first kappa shape index (κ1) is 18.7. The monoisotopic (exact) mass is 376 g/mol. The second-order valence-corrected chi connectivity index (χ2v) is 8.30. The molecule has 1 fully saturated rings. The van der Waals surface area contributed by atoms with Crippen molar-refractivity contribution < 1.29 is 9.59 Å². The van der Waals surface area contributed by atoms with Gasteiger partial charge in [0.25, 0.3) is 0 Å². The number of aryl methyl sites for hydroxylation is 1. The van der Waals surface area contributed by atoms with Crippen LogP contribution >= 0.6 is 0 Å². The molecule has 2 aromatic rings. The van der Waals surface area contributed by atoms with E-state index >= 15 is 0 Å². The molecule has 0 aromatic heterocycles. The topological polar surface area (TPSA) is 49.4 Å². The summed E-state index contributed by atoms with van der Waals surface area (Å²) in [4.78, 5) is 27.8. The summed E-state index contributed by atoms with van der Waals surface area (Å²) >= 11 is 0. The van der Waals surface area contributed by atoms with Crippen LogP contribution in [0.25, 0.3) is 0 Å². The second-order valence-electron chi connectivity index (χ2n) is 8.30. The maximum atomic E-state index is 13.2. The smallest absolute Gasteiger partial charge is 0.230 e. The number of amides is 2. The fourth-order valence-electron chi connectivity index (χ4n) is 4.67. The molecule has 4 rings (SSSR count). The standard InChI is InChI=1S/C24H28N2O2/c1-16-6-5-8-21(14-16)25-23(27)18-10-12-19(13-11-18)24(28)26-17(2)15-20-7-3-4-9-22(20)26/h3-9,14,17-19H,10-13,15H2,1-2H3,(H,25,27). The number of benzene rings is 2. The minimum atomic E-state index is -0.00662. The summed E-state index contributed by atoms with van der Waals surface area (Å²) < 4.78 is 0. The number of carbonyl (C=O) groups excluding carboxylic acids is 2. The normalized spacial score (nSPS) is 23.9. The number of anilines is 2. The lowest BCUT2D eigenvalue weighted by Gasteiger charge is -2.32. The molecule has 1 aliphatic carbocycles. The first-order valence-electron chi connectivity index (χ1n) is 10.3. The van der Waals surface area contributed by atoms with Crippen molar-refractivity contribution in [2.75, 3.05) is 10.2 Å². The van der Waals surface area contributed by atoms with Gasteiger partial charge in [0.05, 0.1) is 0 Å². The van der Waals surface area contributed by atoms with Crippen molar-refractivity contribution in [3.63, 3.8) is 0 Å². The first-order chi connectivity index (χ1) is 13.5. The molecule has 0 spiro atoms. The van der Waals surface area contributed by atoms with Gasteiger partial charge in [-0.15, -0.1) is 0 Å². The number of carbonyl (C=O) groups is 2. The number of nitrogens with one attached hydrogen (secondary N) is 1. The molecule has 4 nitrogen and oxygen atoms in total. The first-order valence-corrected chi connectivity index (χ1v) is 10.3. The number of hydrogen-bond donors (Lipinski definition) is 1. The van der Waals surface area contributed by atoms with Crippen LogP contribution in [0.4, 0.5) is 11.4 Å². The maximum Gasteiger partial charge on any atom is 0.230 e. The molecule has 0 radical (unpaired) electrons. The van der Waals surface area contributed by atoms with Gasteiger partial charge < -0.3 is 10.2 Å². The largest absolute Gasteiger partial charge is 0.326 e. The Morgan fingerprint density at radius 1 is 0.964 bits per heavy atom. The van der Waals surface area contributed by atoms with Crippen molar-refractivity contribution in [2.45, 2.75) is 52.0 Å². The molecule has 0 bridgehead atoms. The van der Waals surface area contributed by atoms with E-state index in [2.05, 4.69) is 24.4 Å². The van der Waals surface area contributed by atoms with Gasteiger partial charge in [0.2, 0.25) is 11.8 Å². The molecule has 28 heavy (non-hydrogen) atoms. The highest BCUT2D eigenvalue weighted by atomic mass is 16.2. The van der Waals surface area contributed by atoms with E-state index in [0.29, 0.717) is 0 Å². The zero-order valence-corrected chi connectivity index (χ0v) is 16.7. The van der Waals surface area contributed by atoms with E-state index < -0.39 is 0 Å². The Balaban J connectivity index is 1.36. The van der Waals surface area contributed by atoms with Gasteiger partial charge in [-0.2, -0.15) is 0 Å². The van der Waals surface area contributed by atoms with Crippen LogP contribution in [0, 0.1) is 18.8 Å². The van der Waals surface area contributed by atoms with Gasteiger partial charge in [-0.1, -0.05) is 30.3 Å². The molecule has 2 aromatic carbocycles. The predicted octanol–water partition coefficient (Wildman–Crippen LogP) is 4.72. The van der Waals surface area contributed by atoms with Crippen molar-refractivity contribution in [3.05, 3.63) is 59.7 Å². The molecule has 1 atom stereocenters. The Hall–Kier alpha value is -2.62. The van der Waals surface area contributed by atoms with Crippen LogP contribution < -0.4 is 10.2 Å². The maximum absolute atomic E-state index is 13.2. The number of hydrogen-bond acceptors (Lipinski definition) is 2. The molecular formula is C24H28N2O2. The van der Waals surface area contributed by atoms with Crippen molar-refractivity contribution in [1.29, 1.82) is 0 Å². The Morgan fingerprint density at radius 3 is 2.43 bits per heavy atom.